The minimum Gasteiger partial charge on any atom is -0.351 e. The van der Waals surface area contributed by atoms with Crippen LogP contribution in [0, 0.1) is 19.8 Å². The Morgan fingerprint density at radius 1 is 1.32 bits per heavy atom. The number of aromatic nitrogens is 2. The third-order valence-corrected chi connectivity index (χ3v) is 3.70. The van der Waals surface area contributed by atoms with Crippen molar-refractivity contribution in [1.29, 1.82) is 0 Å². The Bertz CT molecular complexity index is 660. The van der Waals surface area contributed by atoms with Crippen LogP contribution in [0.5, 0.6) is 0 Å². The van der Waals surface area contributed by atoms with Gasteiger partial charge in [0.1, 0.15) is 0 Å². The monoisotopic (exact) mass is 300 g/mol. The lowest BCUT2D eigenvalue weighted by Crippen LogP contribution is -2.43. The van der Waals surface area contributed by atoms with Crippen molar-refractivity contribution in [2.24, 2.45) is 11.7 Å². The van der Waals surface area contributed by atoms with E-state index < -0.39 is 6.04 Å². The molecule has 1 atom stereocenters. The van der Waals surface area contributed by atoms with Gasteiger partial charge in [0.2, 0.25) is 5.91 Å². The van der Waals surface area contributed by atoms with Gasteiger partial charge in [-0.1, -0.05) is 32.0 Å². The zero-order valence-corrected chi connectivity index (χ0v) is 13.6. The molecule has 0 radical (unpaired) electrons. The molecule has 0 aliphatic heterocycles. The number of amides is 1. The molecule has 5 heteroatoms. The quantitative estimate of drug-likeness (QED) is 0.888. The molecule has 3 N–H and O–H groups in total. The van der Waals surface area contributed by atoms with E-state index >= 15 is 0 Å². The molecule has 0 saturated heterocycles. The van der Waals surface area contributed by atoms with E-state index in [0.29, 0.717) is 6.54 Å². The molecule has 2 aromatic rings. The van der Waals surface area contributed by atoms with E-state index in [2.05, 4.69) is 10.4 Å². The number of nitrogens with two attached hydrogens (primary N) is 1. The first-order valence-electron chi connectivity index (χ1n) is 7.55. The summed E-state index contributed by atoms with van der Waals surface area (Å²) in [6, 6.07) is 9.47. The van der Waals surface area contributed by atoms with E-state index in [0.717, 1.165) is 22.6 Å². The van der Waals surface area contributed by atoms with Gasteiger partial charge in [-0.2, -0.15) is 5.10 Å². The molecular weight excluding hydrogens is 276 g/mol. The number of benzene rings is 1. The van der Waals surface area contributed by atoms with E-state index in [4.69, 9.17) is 5.73 Å². The number of aryl methyl sites for hydroxylation is 2. The van der Waals surface area contributed by atoms with E-state index in [1.54, 1.807) is 0 Å². The Kier molecular flexibility index (Phi) is 4.98. The van der Waals surface area contributed by atoms with Crippen molar-refractivity contribution in [3.05, 3.63) is 47.3 Å². The molecule has 2 rings (SSSR count). The van der Waals surface area contributed by atoms with Gasteiger partial charge in [0, 0.05) is 12.2 Å². The van der Waals surface area contributed by atoms with Crippen LogP contribution in [0.25, 0.3) is 5.69 Å². The fourth-order valence-corrected chi connectivity index (χ4v) is 2.34. The van der Waals surface area contributed by atoms with Crippen molar-refractivity contribution in [3.63, 3.8) is 0 Å². The summed E-state index contributed by atoms with van der Waals surface area (Å²) in [7, 11) is 0. The highest BCUT2D eigenvalue weighted by atomic mass is 16.2. The Hall–Kier alpha value is -2.14. The summed E-state index contributed by atoms with van der Waals surface area (Å²) in [5.41, 5.74) is 9.90. The molecule has 0 spiro atoms. The third-order valence-electron chi connectivity index (χ3n) is 3.70. The highest BCUT2D eigenvalue weighted by molar-refractivity contribution is 5.81. The molecule has 0 bridgehead atoms. The first-order valence-corrected chi connectivity index (χ1v) is 7.55. The molecular formula is C17H24N4O. The molecule has 0 fully saturated rings. The van der Waals surface area contributed by atoms with Crippen LogP contribution in [0.1, 0.15) is 30.8 Å². The summed E-state index contributed by atoms with van der Waals surface area (Å²) >= 11 is 0. The van der Waals surface area contributed by atoms with Crippen molar-refractivity contribution in [3.8, 4) is 5.69 Å². The summed E-state index contributed by atoms with van der Waals surface area (Å²) < 4.78 is 1.90. The topological polar surface area (TPSA) is 72.9 Å². The van der Waals surface area contributed by atoms with E-state index in [1.807, 2.05) is 62.7 Å². The minimum atomic E-state index is -0.485. The predicted molar refractivity (Wildman–Crippen MR) is 87.7 cm³/mol. The second-order valence-electron chi connectivity index (χ2n) is 5.96. The molecule has 22 heavy (non-hydrogen) atoms. The third kappa shape index (κ3) is 3.54. The van der Waals surface area contributed by atoms with Crippen molar-refractivity contribution in [2.75, 3.05) is 0 Å². The normalized spacial score (nSPS) is 12.5. The molecule has 1 heterocycles. The maximum Gasteiger partial charge on any atom is 0.237 e. The first-order chi connectivity index (χ1) is 10.4. The Morgan fingerprint density at radius 3 is 2.59 bits per heavy atom. The van der Waals surface area contributed by atoms with Gasteiger partial charge in [0.15, 0.2) is 0 Å². The second-order valence-corrected chi connectivity index (χ2v) is 5.96. The van der Waals surface area contributed by atoms with Gasteiger partial charge in [0.25, 0.3) is 0 Å². The number of carbonyl (C=O) groups is 1. The minimum absolute atomic E-state index is 0.117. The van der Waals surface area contributed by atoms with Gasteiger partial charge in [-0.25, -0.2) is 4.68 Å². The summed E-state index contributed by atoms with van der Waals surface area (Å²) in [4.78, 5) is 12.0. The maximum atomic E-state index is 12.0. The zero-order valence-electron chi connectivity index (χ0n) is 13.6. The number of carbonyl (C=O) groups excluding carboxylic acids is 1. The van der Waals surface area contributed by atoms with Gasteiger partial charge >= 0.3 is 0 Å². The highest BCUT2D eigenvalue weighted by Crippen LogP contribution is 2.17. The molecule has 0 saturated carbocycles. The molecule has 1 amide bonds. The first kappa shape index (κ1) is 16.2. The lowest BCUT2D eigenvalue weighted by atomic mass is 10.0. The largest absolute Gasteiger partial charge is 0.351 e. The zero-order chi connectivity index (χ0) is 16.3. The Morgan fingerprint density at radius 2 is 2.00 bits per heavy atom. The number of nitrogens with one attached hydrogen (secondary N) is 1. The standard InChI is InChI=1S/C17H24N4O/c1-11(2)16(18)17(22)19-10-14-7-5-6-8-15(14)21-13(4)9-12(3)20-21/h5-9,11,16H,10,18H2,1-4H3,(H,19,22)/t16-/m0/s1. The van der Waals surface area contributed by atoms with Crippen LogP contribution in [0.3, 0.4) is 0 Å². The molecule has 5 nitrogen and oxygen atoms in total. The van der Waals surface area contributed by atoms with Gasteiger partial charge in [0.05, 0.1) is 17.4 Å². The number of hydrogen-bond donors (Lipinski definition) is 2. The predicted octanol–water partition coefficient (Wildman–Crippen LogP) is 2.09. The van der Waals surface area contributed by atoms with Crippen LogP contribution in [-0.2, 0) is 11.3 Å². The lowest BCUT2D eigenvalue weighted by molar-refractivity contribution is -0.123. The van der Waals surface area contributed by atoms with E-state index in [-0.39, 0.29) is 11.8 Å². The van der Waals surface area contributed by atoms with Crippen LogP contribution >= 0.6 is 0 Å². The molecule has 0 unspecified atom stereocenters. The van der Waals surface area contributed by atoms with Crippen LogP contribution in [0.4, 0.5) is 0 Å². The fraction of sp³-hybridized carbons (Fsp3) is 0.412. The SMILES string of the molecule is Cc1cc(C)n(-c2ccccc2CNC(=O)[C@@H](N)C(C)C)n1. The average molecular weight is 300 g/mol. The molecule has 0 aliphatic carbocycles. The van der Waals surface area contributed by atoms with Crippen molar-refractivity contribution < 1.29 is 4.79 Å². The van der Waals surface area contributed by atoms with E-state index in [9.17, 15) is 4.79 Å². The number of para-hydroxylation sites is 1. The Labute approximate surface area is 131 Å². The van der Waals surface area contributed by atoms with E-state index in [1.165, 1.54) is 0 Å². The number of nitrogens with zero attached hydrogens (tertiary/aromatic N) is 2. The summed E-state index contributed by atoms with van der Waals surface area (Å²) in [6.07, 6.45) is 0. The highest BCUT2D eigenvalue weighted by Gasteiger charge is 2.17. The van der Waals surface area contributed by atoms with Crippen molar-refractivity contribution in [2.45, 2.75) is 40.3 Å². The summed E-state index contributed by atoms with van der Waals surface area (Å²) in [5.74, 6) is -0.00979. The molecule has 0 aliphatic rings. The van der Waals surface area contributed by atoms with Crippen LogP contribution in [0.15, 0.2) is 30.3 Å². The molecule has 1 aromatic carbocycles. The molecule has 118 valence electrons. The maximum absolute atomic E-state index is 12.0. The summed E-state index contributed by atoms with van der Waals surface area (Å²) in [5, 5.41) is 7.42. The van der Waals surface area contributed by atoms with Gasteiger partial charge < -0.3 is 11.1 Å². The van der Waals surface area contributed by atoms with Gasteiger partial charge in [-0.05, 0) is 37.5 Å². The fourth-order valence-electron chi connectivity index (χ4n) is 2.34. The van der Waals surface area contributed by atoms with Crippen molar-refractivity contribution >= 4 is 5.91 Å². The Balaban J connectivity index is 2.19. The van der Waals surface area contributed by atoms with Gasteiger partial charge in [-0.3, -0.25) is 4.79 Å². The van der Waals surface area contributed by atoms with Gasteiger partial charge in [-0.15, -0.1) is 0 Å². The number of rotatable bonds is 5. The van der Waals surface area contributed by atoms with Crippen LogP contribution < -0.4 is 11.1 Å². The smallest absolute Gasteiger partial charge is 0.237 e. The van der Waals surface area contributed by atoms with Crippen LogP contribution in [0.2, 0.25) is 0 Å². The average Bonchev–Trinajstić information content (AvgIpc) is 2.82. The number of hydrogen-bond acceptors (Lipinski definition) is 3. The second kappa shape index (κ2) is 6.75. The molecule has 1 aromatic heterocycles. The van der Waals surface area contributed by atoms with Crippen molar-refractivity contribution in [1.82, 2.24) is 15.1 Å². The van der Waals surface area contributed by atoms with Crippen LogP contribution in [-0.4, -0.2) is 21.7 Å². The lowest BCUT2D eigenvalue weighted by Gasteiger charge is -2.17. The summed E-state index contributed by atoms with van der Waals surface area (Å²) in [6.45, 7) is 8.30.